The molecular formula is C18H28IN5. The van der Waals surface area contributed by atoms with Crippen LogP contribution < -0.4 is 5.43 Å². The first-order chi connectivity index (χ1) is 10.9. The molecule has 0 bridgehead atoms. The maximum absolute atomic E-state index is 4.59. The minimum Gasteiger partial charge on any atom is -0.375 e. The number of hydrogen-bond donors (Lipinski definition) is 1. The van der Waals surface area contributed by atoms with Gasteiger partial charge in [-0.05, 0) is 57.1 Å². The maximum Gasteiger partial charge on any atom is 0.243 e. The molecule has 1 N–H and O–H groups in total. The van der Waals surface area contributed by atoms with E-state index in [0.717, 1.165) is 29.9 Å². The van der Waals surface area contributed by atoms with Gasteiger partial charge < -0.3 is 4.90 Å². The summed E-state index contributed by atoms with van der Waals surface area (Å²) in [6.45, 7) is 11.0. The zero-order valence-corrected chi connectivity index (χ0v) is 17.4. The molecule has 0 unspecified atom stereocenters. The number of allylic oxidation sites excluding steroid dienone is 2. The van der Waals surface area contributed by atoms with Crippen LogP contribution in [0.1, 0.15) is 50.9 Å². The number of aromatic nitrogens is 2. The van der Waals surface area contributed by atoms with Gasteiger partial charge in [0.05, 0.1) is 5.71 Å². The summed E-state index contributed by atoms with van der Waals surface area (Å²) in [4.78, 5) is 11.3. The number of hydrazone groups is 1. The van der Waals surface area contributed by atoms with Crippen molar-refractivity contribution in [3.8, 4) is 0 Å². The standard InChI is InChI=1S/C18H27N5.HI/c1-13-9-14(2)20-17(19-13)22-21-15-10-16(12-18(3,4)11-15)23-7-5-6-8-23;/h9-10H,5-8,11-12H2,1-4H3,(H,19,20,22);1H. The highest BCUT2D eigenvalue weighted by Gasteiger charge is 2.29. The van der Waals surface area contributed by atoms with Gasteiger partial charge in [0.1, 0.15) is 0 Å². The van der Waals surface area contributed by atoms with Crippen molar-refractivity contribution in [2.75, 3.05) is 18.5 Å². The minimum atomic E-state index is 0. The van der Waals surface area contributed by atoms with Crippen LogP contribution in [0.25, 0.3) is 0 Å². The summed E-state index contributed by atoms with van der Waals surface area (Å²) in [5.74, 6) is 0.578. The molecule has 1 fully saturated rings. The Balaban J connectivity index is 0.00000208. The first-order valence-electron chi connectivity index (χ1n) is 8.52. The topological polar surface area (TPSA) is 53.4 Å². The SMILES string of the molecule is Cc1cc(C)nc(NN=C2C=C(N3CCCC3)CC(C)(C)C2)n1.I. The van der Waals surface area contributed by atoms with Crippen molar-refractivity contribution >= 4 is 35.6 Å². The first-order valence-corrected chi connectivity index (χ1v) is 8.52. The van der Waals surface area contributed by atoms with E-state index < -0.39 is 0 Å². The normalized spacial score (nSPS) is 21.4. The summed E-state index contributed by atoms with van der Waals surface area (Å²) in [6.07, 6.45) is 6.97. The van der Waals surface area contributed by atoms with Crippen LogP contribution in [0.4, 0.5) is 5.95 Å². The fraction of sp³-hybridized carbons (Fsp3) is 0.611. The molecule has 0 aromatic carbocycles. The van der Waals surface area contributed by atoms with Gasteiger partial charge in [0, 0.05) is 30.2 Å². The molecule has 5 nitrogen and oxygen atoms in total. The first kappa shape index (κ1) is 19.1. The lowest BCUT2D eigenvalue weighted by Gasteiger charge is -2.34. The lowest BCUT2D eigenvalue weighted by Crippen LogP contribution is -2.30. The summed E-state index contributed by atoms with van der Waals surface area (Å²) < 4.78 is 0. The molecule has 0 radical (unpaired) electrons. The highest BCUT2D eigenvalue weighted by Crippen LogP contribution is 2.36. The number of nitrogens with one attached hydrogen (secondary N) is 1. The van der Waals surface area contributed by atoms with Crippen LogP contribution in [-0.2, 0) is 0 Å². The molecule has 6 heteroatoms. The molecule has 3 rings (SSSR count). The Morgan fingerprint density at radius 1 is 1.08 bits per heavy atom. The van der Waals surface area contributed by atoms with Crippen LogP contribution in [0.2, 0.25) is 0 Å². The van der Waals surface area contributed by atoms with Crippen molar-refractivity contribution in [1.29, 1.82) is 0 Å². The third-order valence-corrected chi connectivity index (χ3v) is 4.45. The Morgan fingerprint density at radius 2 is 1.71 bits per heavy atom. The molecule has 1 saturated heterocycles. The number of anilines is 1. The number of rotatable bonds is 3. The number of aryl methyl sites for hydroxylation is 2. The van der Waals surface area contributed by atoms with E-state index in [1.807, 2.05) is 19.9 Å². The average molecular weight is 441 g/mol. The molecule has 132 valence electrons. The van der Waals surface area contributed by atoms with Gasteiger partial charge in [-0.1, -0.05) is 13.8 Å². The number of hydrogen-bond acceptors (Lipinski definition) is 5. The molecule has 0 atom stereocenters. The second-order valence-corrected chi connectivity index (χ2v) is 7.54. The van der Waals surface area contributed by atoms with Gasteiger partial charge in [0.25, 0.3) is 0 Å². The second-order valence-electron chi connectivity index (χ2n) is 7.54. The van der Waals surface area contributed by atoms with Crippen LogP contribution >= 0.6 is 24.0 Å². The Hall–Kier alpha value is -1.18. The van der Waals surface area contributed by atoms with Crippen molar-refractivity contribution in [3.63, 3.8) is 0 Å². The summed E-state index contributed by atoms with van der Waals surface area (Å²) in [5, 5.41) is 4.59. The van der Waals surface area contributed by atoms with Gasteiger partial charge in [-0.3, -0.25) is 0 Å². The van der Waals surface area contributed by atoms with Crippen LogP contribution in [0, 0.1) is 19.3 Å². The van der Waals surface area contributed by atoms with Gasteiger partial charge in [-0.15, -0.1) is 24.0 Å². The van der Waals surface area contributed by atoms with Gasteiger partial charge >= 0.3 is 0 Å². The second kappa shape index (κ2) is 7.80. The van der Waals surface area contributed by atoms with Crippen molar-refractivity contribution in [2.24, 2.45) is 10.5 Å². The van der Waals surface area contributed by atoms with E-state index in [-0.39, 0.29) is 29.4 Å². The van der Waals surface area contributed by atoms with Gasteiger partial charge in [0.2, 0.25) is 5.95 Å². The maximum atomic E-state index is 4.59. The Labute approximate surface area is 162 Å². The van der Waals surface area contributed by atoms with Crippen molar-refractivity contribution in [1.82, 2.24) is 14.9 Å². The van der Waals surface area contributed by atoms with Crippen molar-refractivity contribution < 1.29 is 0 Å². The lowest BCUT2D eigenvalue weighted by molar-refractivity contribution is 0.305. The Kier molecular flexibility index (Phi) is 6.22. The van der Waals surface area contributed by atoms with E-state index in [1.165, 1.54) is 31.6 Å². The van der Waals surface area contributed by atoms with Crippen molar-refractivity contribution in [3.05, 3.63) is 29.2 Å². The van der Waals surface area contributed by atoms with Gasteiger partial charge in [-0.2, -0.15) is 5.10 Å². The fourth-order valence-electron chi connectivity index (χ4n) is 3.51. The fourth-order valence-corrected chi connectivity index (χ4v) is 3.51. The number of likely N-dealkylation sites (tertiary alicyclic amines) is 1. The molecule has 2 heterocycles. The monoisotopic (exact) mass is 441 g/mol. The zero-order valence-electron chi connectivity index (χ0n) is 15.1. The molecule has 24 heavy (non-hydrogen) atoms. The van der Waals surface area contributed by atoms with E-state index in [0.29, 0.717) is 5.95 Å². The highest BCUT2D eigenvalue weighted by molar-refractivity contribution is 14.0. The molecule has 1 aliphatic heterocycles. The summed E-state index contributed by atoms with van der Waals surface area (Å²) in [7, 11) is 0. The van der Waals surface area contributed by atoms with Crippen molar-refractivity contribution in [2.45, 2.75) is 53.4 Å². The van der Waals surface area contributed by atoms with Crippen LogP contribution in [0.15, 0.2) is 22.9 Å². The Morgan fingerprint density at radius 3 is 2.33 bits per heavy atom. The van der Waals surface area contributed by atoms with E-state index in [4.69, 9.17) is 0 Å². The Bertz CT molecular complexity index is 625. The third kappa shape index (κ3) is 4.91. The number of halogens is 1. The van der Waals surface area contributed by atoms with Crippen LogP contribution in [-0.4, -0.2) is 33.7 Å². The predicted molar refractivity (Wildman–Crippen MR) is 110 cm³/mol. The molecule has 2 aliphatic rings. The lowest BCUT2D eigenvalue weighted by atomic mass is 9.78. The molecule has 0 spiro atoms. The average Bonchev–Trinajstić information content (AvgIpc) is 2.96. The van der Waals surface area contributed by atoms with E-state index in [2.05, 4.69) is 45.3 Å². The number of nitrogens with zero attached hydrogens (tertiary/aromatic N) is 4. The van der Waals surface area contributed by atoms with Gasteiger partial charge in [-0.25, -0.2) is 15.4 Å². The van der Waals surface area contributed by atoms with Crippen LogP contribution in [0.3, 0.4) is 0 Å². The van der Waals surface area contributed by atoms with Crippen LogP contribution in [0.5, 0.6) is 0 Å². The van der Waals surface area contributed by atoms with Gasteiger partial charge in [0.15, 0.2) is 0 Å². The molecule has 1 aromatic heterocycles. The van der Waals surface area contributed by atoms with E-state index in [1.54, 1.807) is 0 Å². The van der Waals surface area contributed by atoms with E-state index in [9.17, 15) is 0 Å². The molecule has 1 aromatic rings. The molecule has 0 saturated carbocycles. The molecule has 1 aliphatic carbocycles. The summed E-state index contributed by atoms with van der Waals surface area (Å²) in [5.41, 5.74) is 7.73. The smallest absolute Gasteiger partial charge is 0.243 e. The zero-order chi connectivity index (χ0) is 16.4. The highest BCUT2D eigenvalue weighted by atomic mass is 127. The quantitative estimate of drug-likeness (QED) is 0.562. The predicted octanol–water partition coefficient (Wildman–Crippen LogP) is 4.28. The summed E-state index contributed by atoms with van der Waals surface area (Å²) >= 11 is 0. The van der Waals surface area contributed by atoms with E-state index >= 15 is 0 Å². The third-order valence-electron chi connectivity index (χ3n) is 4.45. The molecular weight excluding hydrogens is 413 g/mol. The largest absolute Gasteiger partial charge is 0.375 e. The molecule has 0 amide bonds. The minimum absolute atomic E-state index is 0. The summed E-state index contributed by atoms with van der Waals surface area (Å²) in [6, 6.07) is 1.97.